The molecule has 2 N–H and O–H groups in total. The fourth-order valence-electron chi connectivity index (χ4n) is 2.87. The summed E-state index contributed by atoms with van der Waals surface area (Å²) in [6.07, 6.45) is 4.37. The van der Waals surface area contributed by atoms with Gasteiger partial charge in [-0.2, -0.15) is 5.10 Å². The lowest BCUT2D eigenvalue weighted by Crippen LogP contribution is -2.30. The average molecular weight is 465 g/mol. The number of rotatable bonds is 8. The van der Waals surface area contributed by atoms with Crippen LogP contribution in [0.1, 0.15) is 11.1 Å². The van der Waals surface area contributed by atoms with Gasteiger partial charge in [0.1, 0.15) is 0 Å². The lowest BCUT2D eigenvalue weighted by molar-refractivity contribution is 0.354. The normalized spacial score (nSPS) is 10.5. The molecule has 0 fully saturated rings. The first-order valence-corrected chi connectivity index (χ1v) is 10.4. The summed E-state index contributed by atoms with van der Waals surface area (Å²) >= 11 is 17.5. The third kappa shape index (κ3) is 6.01. The van der Waals surface area contributed by atoms with E-state index in [1.165, 1.54) is 0 Å². The Kier molecular flexibility index (Phi) is 7.79. The lowest BCUT2D eigenvalue weighted by Gasteiger charge is -2.11. The second-order valence-electron chi connectivity index (χ2n) is 6.48. The van der Waals surface area contributed by atoms with Crippen molar-refractivity contribution in [3.8, 4) is 11.5 Å². The smallest absolute Gasteiger partial charge is 0.170 e. The standard InChI is InChI=1S/C21H22Cl2N4O2S/c1-28-19-6-3-14(9-20(19)29-2)7-8-24-21(30)26-17-11-25-27(13-17)12-15-4-5-16(22)10-18(15)23/h3-6,9-11,13H,7-8,12H2,1-2H3,(H2,24,26,30). The number of aromatic nitrogens is 2. The number of halogens is 2. The second-order valence-corrected chi connectivity index (χ2v) is 7.73. The molecule has 0 aliphatic heterocycles. The average Bonchev–Trinajstić information content (AvgIpc) is 3.16. The number of nitrogens with one attached hydrogen (secondary N) is 2. The molecule has 0 radical (unpaired) electrons. The molecule has 0 unspecified atom stereocenters. The number of hydrogen-bond donors (Lipinski definition) is 2. The Morgan fingerprint density at radius 3 is 2.63 bits per heavy atom. The van der Waals surface area contributed by atoms with E-state index in [9.17, 15) is 0 Å². The zero-order valence-electron chi connectivity index (χ0n) is 16.6. The van der Waals surface area contributed by atoms with Crippen molar-refractivity contribution >= 4 is 46.2 Å². The number of nitrogens with zero attached hydrogens (tertiary/aromatic N) is 2. The van der Waals surface area contributed by atoms with Gasteiger partial charge in [-0.05, 0) is 54.0 Å². The first-order valence-electron chi connectivity index (χ1n) is 9.20. The highest BCUT2D eigenvalue weighted by molar-refractivity contribution is 7.80. The van der Waals surface area contributed by atoms with Gasteiger partial charge in [0.05, 0.1) is 32.6 Å². The molecule has 3 rings (SSSR count). The van der Waals surface area contributed by atoms with Gasteiger partial charge in [-0.1, -0.05) is 35.3 Å². The summed E-state index contributed by atoms with van der Waals surface area (Å²) in [6, 6.07) is 11.3. The Hall–Kier alpha value is -2.48. The number of methoxy groups -OCH3 is 2. The van der Waals surface area contributed by atoms with E-state index in [4.69, 9.17) is 44.9 Å². The number of thiocarbonyl (C=S) groups is 1. The SMILES string of the molecule is COc1ccc(CCNC(=S)Nc2cnn(Cc3ccc(Cl)cc3Cl)c2)cc1OC. The van der Waals surface area contributed by atoms with Gasteiger partial charge < -0.3 is 20.1 Å². The molecule has 1 heterocycles. The van der Waals surface area contributed by atoms with E-state index < -0.39 is 0 Å². The van der Waals surface area contributed by atoms with Crippen LogP contribution >= 0.6 is 35.4 Å². The number of anilines is 1. The van der Waals surface area contributed by atoms with Crippen molar-refractivity contribution in [2.24, 2.45) is 0 Å². The molecule has 0 atom stereocenters. The van der Waals surface area contributed by atoms with Gasteiger partial charge >= 0.3 is 0 Å². The minimum Gasteiger partial charge on any atom is -0.493 e. The highest BCUT2D eigenvalue weighted by Crippen LogP contribution is 2.27. The van der Waals surface area contributed by atoms with Crippen LogP contribution in [0, 0.1) is 0 Å². The van der Waals surface area contributed by atoms with Crippen LogP contribution in [-0.4, -0.2) is 35.7 Å². The van der Waals surface area contributed by atoms with E-state index in [0.717, 1.165) is 23.2 Å². The van der Waals surface area contributed by atoms with Crippen LogP contribution in [0.25, 0.3) is 0 Å². The number of ether oxygens (including phenoxy) is 2. The highest BCUT2D eigenvalue weighted by Gasteiger charge is 2.07. The monoisotopic (exact) mass is 464 g/mol. The van der Waals surface area contributed by atoms with Crippen molar-refractivity contribution in [3.63, 3.8) is 0 Å². The van der Waals surface area contributed by atoms with E-state index in [1.807, 2.05) is 36.5 Å². The molecule has 0 saturated heterocycles. The Morgan fingerprint density at radius 2 is 1.90 bits per heavy atom. The Bertz CT molecular complexity index is 1030. The van der Waals surface area contributed by atoms with Crippen molar-refractivity contribution in [2.45, 2.75) is 13.0 Å². The molecule has 158 valence electrons. The molecule has 30 heavy (non-hydrogen) atoms. The van der Waals surface area contributed by atoms with Gasteiger partial charge in [0.2, 0.25) is 0 Å². The lowest BCUT2D eigenvalue weighted by atomic mass is 10.1. The molecule has 9 heteroatoms. The topological polar surface area (TPSA) is 60.3 Å². The van der Waals surface area contributed by atoms with Crippen LogP contribution in [0.2, 0.25) is 10.0 Å². The zero-order valence-corrected chi connectivity index (χ0v) is 18.9. The summed E-state index contributed by atoms with van der Waals surface area (Å²) in [4.78, 5) is 0. The molecule has 0 spiro atoms. The zero-order chi connectivity index (χ0) is 21.5. The van der Waals surface area contributed by atoms with Crippen molar-refractivity contribution < 1.29 is 9.47 Å². The first kappa shape index (κ1) is 22.2. The molecule has 0 aliphatic rings. The maximum Gasteiger partial charge on any atom is 0.170 e. The quantitative estimate of drug-likeness (QED) is 0.467. The molecule has 0 amide bonds. The summed E-state index contributed by atoms with van der Waals surface area (Å²) in [5.74, 6) is 1.42. The van der Waals surface area contributed by atoms with Crippen molar-refractivity contribution in [2.75, 3.05) is 26.1 Å². The fraction of sp³-hybridized carbons (Fsp3) is 0.238. The van der Waals surface area contributed by atoms with Crippen LogP contribution in [0.4, 0.5) is 5.69 Å². The van der Waals surface area contributed by atoms with Crippen LogP contribution in [0.15, 0.2) is 48.8 Å². The van der Waals surface area contributed by atoms with E-state index in [0.29, 0.717) is 39.7 Å². The molecule has 0 aliphatic carbocycles. The van der Waals surface area contributed by atoms with Gasteiger partial charge in [-0.3, -0.25) is 4.68 Å². The van der Waals surface area contributed by atoms with Crippen molar-refractivity contribution in [1.29, 1.82) is 0 Å². The first-order chi connectivity index (χ1) is 14.5. The van der Waals surface area contributed by atoms with Gasteiger partial charge in [-0.25, -0.2) is 0 Å². The summed E-state index contributed by atoms with van der Waals surface area (Å²) in [5, 5.41) is 12.4. The van der Waals surface area contributed by atoms with E-state index in [1.54, 1.807) is 31.2 Å². The molecular weight excluding hydrogens is 443 g/mol. The molecule has 3 aromatic rings. The summed E-state index contributed by atoms with van der Waals surface area (Å²) < 4.78 is 12.4. The minimum atomic E-state index is 0.527. The molecule has 0 bridgehead atoms. The second kappa shape index (κ2) is 10.5. The maximum atomic E-state index is 6.23. The third-order valence-electron chi connectivity index (χ3n) is 4.39. The van der Waals surface area contributed by atoms with E-state index in [2.05, 4.69) is 15.7 Å². The van der Waals surface area contributed by atoms with Crippen LogP contribution in [0.3, 0.4) is 0 Å². The molecule has 0 saturated carbocycles. The number of hydrogen-bond acceptors (Lipinski definition) is 4. The summed E-state index contributed by atoms with van der Waals surface area (Å²) in [6.45, 7) is 1.22. The Balaban J connectivity index is 1.48. The Labute approximate surface area is 191 Å². The van der Waals surface area contributed by atoms with Crippen molar-refractivity contribution in [1.82, 2.24) is 15.1 Å². The minimum absolute atomic E-state index is 0.527. The van der Waals surface area contributed by atoms with Gasteiger partial charge in [0.25, 0.3) is 0 Å². The van der Waals surface area contributed by atoms with Crippen molar-refractivity contribution in [3.05, 3.63) is 70.0 Å². The van der Waals surface area contributed by atoms with Gasteiger partial charge in [-0.15, -0.1) is 0 Å². The predicted octanol–water partition coefficient (Wildman–Crippen LogP) is 4.78. The fourth-order valence-corrected chi connectivity index (χ4v) is 3.56. The third-order valence-corrected chi connectivity index (χ3v) is 5.22. The Morgan fingerprint density at radius 1 is 1.10 bits per heavy atom. The van der Waals surface area contributed by atoms with Gasteiger partial charge in [0.15, 0.2) is 16.6 Å². The highest BCUT2D eigenvalue weighted by atomic mass is 35.5. The van der Waals surface area contributed by atoms with Crippen LogP contribution in [-0.2, 0) is 13.0 Å². The van der Waals surface area contributed by atoms with E-state index in [-0.39, 0.29) is 0 Å². The predicted molar refractivity (Wildman–Crippen MR) is 125 cm³/mol. The molecule has 2 aromatic carbocycles. The molecule has 1 aromatic heterocycles. The molecule has 6 nitrogen and oxygen atoms in total. The van der Waals surface area contributed by atoms with Gasteiger partial charge in [0, 0.05) is 22.8 Å². The summed E-state index contributed by atoms with van der Waals surface area (Å²) in [7, 11) is 3.25. The summed E-state index contributed by atoms with van der Waals surface area (Å²) in [5.41, 5.74) is 2.85. The molecular formula is C21H22Cl2N4O2S. The maximum absolute atomic E-state index is 6.23. The number of benzene rings is 2. The van der Waals surface area contributed by atoms with E-state index >= 15 is 0 Å². The largest absolute Gasteiger partial charge is 0.493 e. The van der Waals surface area contributed by atoms with Crippen LogP contribution < -0.4 is 20.1 Å². The van der Waals surface area contributed by atoms with Crippen LogP contribution in [0.5, 0.6) is 11.5 Å².